The molecule has 0 spiro atoms. The van der Waals surface area contributed by atoms with E-state index in [1.807, 2.05) is 0 Å². The van der Waals surface area contributed by atoms with Gasteiger partial charge in [-0.2, -0.15) is 0 Å². The molecule has 98 valence electrons. The Bertz CT molecular complexity index is 447. The first-order valence-corrected chi connectivity index (χ1v) is 6.33. The molecule has 0 saturated heterocycles. The zero-order valence-corrected chi connectivity index (χ0v) is 12.5. The van der Waals surface area contributed by atoms with E-state index in [1.165, 1.54) is 4.90 Å². The Labute approximate surface area is 115 Å². The zero-order valence-electron chi connectivity index (χ0n) is 11.0. The Morgan fingerprint density at radius 2 is 1.67 bits per heavy atom. The molecule has 4 nitrogen and oxygen atoms in total. The lowest BCUT2D eigenvalue weighted by Crippen LogP contribution is -2.31. The van der Waals surface area contributed by atoms with Crippen molar-refractivity contribution in [3.8, 4) is 0 Å². The summed E-state index contributed by atoms with van der Waals surface area (Å²) in [5.41, 5.74) is 1.26. The van der Waals surface area contributed by atoms with E-state index in [4.69, 9.17) is 0 Å². The Balaban J connectivity index is 2.78. The molecule has 5 heteroatoms. The second-order valence-electron chi connectivity index (χ2n) is 4.70. The van der Waals surface area contributed by atoms with Gasteiger partial charge < -0.3 is 10.2 Å². The summed E-state index contributed by atoms with van der Waals surface area (Å²) in [7, 11) is 3.40. The van der Waals surface area contributed by atoms with E-state index in [2.05, 4.69) is 21.2 Å². The van der Waals surface area contributed by atoms with Crippen LogP contribution in [0.2, 0.25) is 0 Å². The number of carbonyl (C=O) groups excluding carboxylic acids is 2. The van der Waals surface area contributed by atoms with Crippen LogP contribution in [0.5, 0.6) is 0 Å². The van der Waals surface area contributed by atoms with E-state index in [9.17, 15) is 9.59 Å². The molecule has 2 amide bonds. The lowest BCUT2D eigenvalue weighted by Gasteiger charge is -2.16. The lowest BCUT2D eigenvalue weighted by molar-refractivity contribution is -0.117. The summed E-state index contributed by atoms with van der Waals surface area (Å²) in [6.07, 6.45) is 0. The third-order valence-electron chi connectivity index (χ3n) is 2.34. The van der Waals surface area contributed by atoms with Gasteiger partial charge in [0.1, 0.15) is 0 Å². The molecule has 0 fully saturated rings. The monoisotopic (exact) mass is 312 g/mol. The second-order valence-corrected chi connectivity index (χ2v) is 6.69. The van der Waals surface area contributed by atoms with Gasteiger partial charge in [-0.15, -0.1) is 0 Å². The third-order valence-corrected chi connectivity index (χ3v) is 2.70. The second kappa shape index (κ2) is 5.52. The molecule has 1 aromatic carbocycles. The van der Waals surface area contributed by atoms with Crippen LogP contribution in [0.1, 0.15) is 24.2 Å². The summed E-state index contributed by atoms with van der Waals surface area (Å²) < 4.78 is -0.620. The minimum absolute atomic E-state index is 0.0614. The third kappa shape index (κ3) is 3.84. The van der Waals surface area contributed by atoms with Crippen molar-refractivity contribution in [2.75, 3.05) is 19.4 Å². The van der Waals surface area contributed by atoms with Crippen LogP contribution < -0.4 is 5.32 Å². The number of rotatable bonds is 3. The van der Waals surface area contributed by atoms with Gasteiger partial charge in [0, 0.05) is 25.3 Å². The van der Waals surface area contributed by atoms with Gasteiger partial charge in [0.05, 0.1) is 4.32 Å². The van der Waals surface area contributed by atoms with E-state index in [0.29, 0.717) is 11.3 Å². The van der Waals surface area contributed by atoms with Crippen LogP contribution in [0.25, 0.3) is 0 Å². The molecule has 0 atom stereocenters. The summed E-state index contributed by atoms with van der Waals surface area (Å²) in [6.45, 7) is 3.54. The van der Waals surface area contributed by atoms with Crippen molar-refractivity contribution < 1.29 is 9.59 Å². The molecule has 0 unspecified atom stereocenters. The molecular weight excluding hydrogens is 296 g/mol. The Morgan fingerprint density at radius 1 is 1.17 bits per heavy atom. The van der Waals surface area contributed by atoms with Gasteiger partial charge in [0.2, 0.25) is 5.91 Å². The van der Waals surface area contributed by atoms with Gasteiger partial charge in [-0.1, -0.05) is 15.9 Å². The quantitative estimate of drug-likeness (QED) is 0.872. The van der Waals surface area contributed by atoms with Crippen LogP contribution in [-0.2, 0) is 4.79 Å². The van der Waals surface area contributed by atoms with Crippen LogP contribution in [0.4, 0.5) is 5.69 Å². The maximum atomic E-state index is 11.7. The maximum Gasteiger partial charge on any atom is 0.253 e. The summed E-state index contributed by atoms with van der Waals surface area (Å²) in [5.74, 6) is -0.192. The SMILES string of the molecule is CN(C)C(=O)c1ccc(NC(=O)C(C)(C)Br)cc1. The average Bonchev–Trinajstić information content (AvgIpc) is 2.27. The molecule has 0 aliphatic rings. The molecule has 0 bridgehead atoms. The highest BCUT2D eigenvalue weighted by Gasteiger charge is 2.23. The molecule has 1 rings (SSSR count). The zero-order chi connectivity index (χ0) is 13.9. The van der Waals surface area contributed by atoms with E-state index in [-0.39, 0.29) is 11.8 Å². The number of hydrogen-bond acceptors (Lipinski definition) is 2. The van der Waals surface area contributed by atoms with E-state index >= 15 is 0 Å². The van der Waals surface area contributed by atoms with Gasteiger partial charge in [0.25, 0.3) is 5.91 Å². The van der Waals surface area contributed by atoms with E-state index in [0.717, 1.165) is 0 Å². The smallest absolute Gasteiger partial charge is 0.253 e. The van der Waals surface area contributed by atoms with Crippen LogP contribution >= 0.6 is 15.9 Å². The first-order valence-electron chi connectivity index (χ1n) is 5.54. The first-order chi connectivity index (χ1) is 8.21. The highest BCUT2D eigenvalue weighted by atomic mass is 79.9. The fourth-order valence-electron chi connectivity index (χ4n) is 1.23. The number of anilines is 1. The Hall–Kier alpha value is -1.36. The molecule has 1 aromatic rings. The van der Waals surface area contributed by atoms with Crippen molar-refractivity contribution in [2.45, 2.75) is 18.2 Å². The summed E-state index contributed by atoms with van der Waals surface area (Å²) in [5, 5.41) is 2.77. The van der Waals surface area contributed by atoms with Gasteiger partial charge in [-0.05, 0) is 38.1 Å². The predicted octanol–water partition coefficient (Wildman–Crippen LogP) is 2.50. The summed E-state index contributed by atoms with van der Waals surface area (Å²) >= 11 is 3.29. The van der Waals surface area contributed by atoms with Gasteiger partial charge in [-0.25, -0.2) is 0 Å². The van der Waals surface area contributed by atoms with Gasteiger partial charge in [-0.3, -0.25) is 9.59 Å². The molecule has 0 heterocycles. The molecule has 0 aromatic heterocycles. The maximum absolute atomic E-state index is 11.7. The van der Waals surface area contributed by atoms with Crippen LogP contribution in [0, 0.1) is 0 Å². The molecule has 0 aliphatic heterocycles. The lowest BCUT2D eigenvalue weighted by atomic mass is 10.1. The largest absolute Gasteiger partial charge is 0.345 e. The number of halogens is 1. The minimum atomic E-state index is -0.620. The molecule has 0 saturated carbocycles. The van der Waals surface area contributed by atoms with Crippen molar-refractivity contribution in [2.24, 2.45) is 0 Å². The van der Waals surface area contributed by atoms with Crippen LogP contribution in [0.3, 0.4) is 0 Å². The van der Waals surface area contributed by atoms with Crippen molar-refractivity contribution in [1.29, 1.82) is 0 Å². The number of carbonyl (C=O) groups is 2. The Morgan fingerprint density at radius 3 is 2.06 bits per heavy atom. The van der Waals surface area contributed by atoms with E-state index in [1.54, 1.807) is 52.2 Å². The van der Waals surface area contributed by atoms with Crippen molar-refractivity contribution >= 4 is 33.4 Å². The van der Waals surface area contributed by atoms with Crippen molar-refractivity contribution in [3.63, 3.8) is 0 Å². The van der Waals surface area contributed by atoms with Crippen molar-refractivity contribution in [3.05, 3.63) is 29.8 Å². The van der Waals surface area contributed by atoms with E-state index < -0.39 is 4.32 Å². The average molecular weight is 313 g/mol. The normalized spacial score (nSPS) is 10.9. The number of hydrogen-bond donors (Lipinski definition) is 1. The summed E-state index contributed by atoms with van der Waals surface area (Å²) in [4.78, 5) is 24.9. The Kier molecular flexibility index (Phi) is 4.51. The molecule has 18 heavy (non-hydrogen) atoms. The highest BCUT2D eigenvalue weighted by molar-refractivity contribution is 9.10. The predicted molar refractivity (Wildman–Crippen MR) is 76.1 cm³/mol. The molecule has 0 radical (unpaired) electrons. The number of benzene rings is 1. The number of amides is 2. The number of nitrogens with one attached hydrogen (secondary N) is 1. The topological polar surface area (TPSA) is 49.4 Å². The van der Waals surface area contributed by atoms with Gasteiger partial charge in [0.15, 0.2) is 0 Å². The first kappa shape index (κ1) is 14.7. The molecular formula is C13H17BrN2O2. The minimum Gasteiger partial charge on any atom is -0.345 e. The van der Waals surface area contributed by atoms with Gasteiger partial charge >= 0.3 is 0 Å². The number of alkyl halides is 1. The summed E-state index contributed by atoms with van der Waals surface area (Å²) in [6, 6.07) is 6.82. The fraction of sp³-hybridized carbons (Fsp3) is 0.385. The molecule has 1 N–H and O–H groups in total. The molecule has 0 aliphatic carbocycles. The highest BCUT2D eigenvalue weighted by Crippen LogP contribution is 2.19. The van der Waals surface area contributed by atoms with Crippen LogP contribution in [0.15, 0.2) is 24.3 Å². The van der Waals surface area contributed by atoms with Crippen LogP contribution in [-0.4, -0.2) is 35.1 Å². The van der Waals surface area contributed by atoms with Crippen molar-refractivity contribution in [1.82, 2.24) is 4.90 Å². The fourth-order valence-corrected chi connectivity index (χ4v) is 1.33. The number of nitrogens with zero attached hydrogens (tertiary/aromatic N) is 1. The standard InChI is InChI=1S/C13H17BrN2O2/c1-13(2,14)12(18)15-10-7-5-9(6-8-10)11(17)16(3)4/h5-8H,1-4H3,(H,15,18).